The summed E-state index contributed by atoms with van der Waals surface area (Å²) in [5, 5.41) is 2.60. The average Bonchev–Trinajstić information content (AvgIpc) is 2.67. The number of anilines is 2. The van der Waals surface area contributed by atoms with Crippen LogP contribution in [0.15, 0.2) is 30.3 Å². The van der Waals surface area contributed by atoms with Crippen LogP contribution < -0.4 is 5.32 Å². The summed E-state index contributed by atoms with van der Waals surface area (Å²) >= 11 is 0. The van der Waals surface area contributed by atoms with Crippen LogP contribution in [0.1, 0.15) is 48.0 Å². The SMILES string of the molecule is Cc1ccc(Nc2c(C(=O)N3CC(C4CCCCC4)C3)ccc(F)c2F)c(F)c1. The Labute approximate surface area is 168 Å². The van der Waals surface area contributed by atoms with Gasteiger partial charge in [0.1, 0.15) is 5.82 Å². The molecule has 3 nitrogen and oxygen atoms in total. The second kappa shape index (κ2) is 8.09. The first kappa shape index (κ1) is 19.8. The lowest BCUT2D eigenvalue weighted by Gasteiger charge is -2.45. The van der Waals surface area contributed by atoms with Gasteiger partial charge in [0.2, 0.25) is 0 Å². The second-order valence-electron chi connectivity index (χ2n) is 8.26. The van der Waals surface area contributed by atoms with E-state index in [0.29, 0.717) is 30.5 Å². The lowest BCUT2D eigenvalue weighted by molar-refractivity contribution is 0.0305. The Morgan fingerprint density at radius 2 is 1.69 bits per heavy atom. The molecule has 1 amide bonds. The van der Waals surface area contributed by atoms with Gasteiger partial charge in [-0.15, -0.1) is 0 Å². The van der Waals surface area contributed by atoms with Crippen LogP contribution in [0.2, 0.25) is 0 Å². The molecule has 1 saturated carbocycles. The Morgan fingerprint density at radius 1 is 0.966 bits per heavy atom. The molecule has 2 aromatic carbocycles. The van der Waals surface area contributed by atoms with Crippen molar-refractivity contribution in [3.63, 3.8) is 0 Å². The van der Waals surface area contributed by atoms with E-state index in [1.807, 2.05) is 0 Å². The maximum absolute atomic E-state index is 14.5. The fourth-order valence-corrected chi connectivity index (χ4v) is 4.46. The zero-order valence-corrected chi connectivity index (χ0v) is 16.5. The number of hydrogen-bond donors (Lipinski definition) is 1. The standard InChI is InChI=1S/C23H25F3N2O/c1-14-7-10-20(19(25)11-14)27-22-17(8-9-18(24)21(22)26)23(29)28-12-16(13-28)15-5-3-2-4-6-15/h7-11,15-16,27H,2-6,12-13H2,1H3. The second-order valence-corrected chi connectivity index (χ2v) is 8.26. The number of carbonyl (C=O) groups is 1. The van der Waals surface area contributed by atoms with Crippen molar-refractivity contribution in [2.45, 2.75) is 39.0 Å². The van der Waals surface area contributed by atoms with Gasteiger partial charge in [-0.25, -0.2) is 13.2 Å². The van der Waals surface area contributed by atoms with Crippen molar-refractivity contribution in [1.82, 2.24) is 4.90 Å². The highest BCUT2D eigenvalue weighted by atomic mass is 19.2. The molecule has 1 heterocycles. The van der Waals surface area contributed by atoms with Gasteiger partial charge >= 0.3 is 0 Å². The van der Waals surface area contributed by atoms with Crippen LogP contribution in [0, 0.1) is 36.2 Å². The van der Waals surface area contributed by atoms with Gasteiger partial charge in [0, 0.05) is 13.1 Å². The molecule has 0 spiro atoms. The predicted octanol–water partition coefficient (Wildman–Crippen LogP) is 5.81. The third kappa shape index (κ3) is 3.98. The van der Waals surface area contributed by atoms with Crippen LogP contribution in [-0.2, 0) is 0 Å². The summed E-state index contributed by atoms with van der Waals surface area (Å²) in [5.41, 5.74) is 0.404. The number of halogens is 3. The molecule has 2 aliphatic rings. The van der Waals surface area contributed by atoms with E-state index in [2.05, 4.69) is 5.32 Å². The molecule has 0 aromatic heterocycles. The van der Waals surface area contributed by atoms with Gasteiger partial charge in [-0.1, -0.05) is 38.2 Å². The topological polar surface area (TPSA) is 32.3 Å². The number of carbonyl (C=O) groups excluding carboxylic acids is 1. The highest BCUT2D eigenvalue weighted by Crippen LogP contribution is 2.37. The van der Waals surface area contributed by atoms with E-state index in [4.69, 9.17) is 0 Å². The molecular weight excluding hydrogens is 377 g/mol. The summed E-state index contributed by atoms with van der Waals surface area (Å²) < 4.78 is 42.6. The molecule has 1 N–H and O–H groups in total. The van der Waals surface area contributed by atoms with Crippen molar-refractivity contribution >= 4 is 17.3 Å². The molecule has 1 saturated heterocycles. The first-order valence-corrected chi connectivity index (χ1v) is 10.2. The third-order valence-electron chi connectivity index (χ3n) is 6.22. The summed E-state index contributed by atoms with van der Waals surface area (Å²) in [5.74, 6) is -2.08. The molecule has 2 fully saturated rings. The molecule has 1 aliphatic heterocycles. The number of rotatable bonds is 4. The lowest BCUT2D eigenvalue weighted by Crippen LogP contribution is -2.53. The number of hydrogen-bond acceptors (Lipinski definition) is 2. The quantitative estimate of drug-likeness (QED) is 0.700. The van der Waals surface area contributed by atoms with Gasteiger partial charge in [0.25, 0.3) is 5.91 Å². The van der Waals surface area contributed by atoms with Crippen molar-refractivity contribution in [3.8, 4) is 0 Å². The van der Waals surface area contributed by atoms with Crippen molar-refractivity contribution < 1.29 is 18.0 Å². The lowest BCUT2D eigenvalue weighted by atomic mass is 9.76. The van der Waals surface area contributed by atoms with Crippen molar-refractivity contribution in [1.29, 1.82) is 0 Å². The van der Waals surface area contributed by atoms with Gasteiger partial charge in [0.05, 0.1) is 16.9 Å². The first-order valence-electron chi connectivity index (χ1n) is 10.2. The summed E-state index contributed by atoms with van der Waals surface area (Å²) in [6.07, 6.45) is 6.18. The maximum atomic E-state index is 14.5. The van der Waals surface area contributed by atoms with E-state index < -0.39 is 17.5 Å². The van der Waals surface area contributed by atoms with E-state index in [1.54, 1.807) is 17.9 Å². The fraction of sp³-hybridized carbons (Fsp3) is 0.435. The molecule has 2 aromatic rings. The highest BCUT2D eigenvalue weighted by molar-refractivity contribution is 6.01. The van der Waals surface area contributed by atoms with Crippen LogP contribution in [0.3, 0.4) is 0 Å². The Hall–Kier alpha value is -2.50. The summed E-state index contributed by atoms with van der Waals surface area (Å²) in [4.78, 5) is 14.6. The Kier molecular flexibility index (Phi) is 5.52. The number of nitrogens with one attached hydrogen (secondary N) is 1. The Bertz CT molecular complexity index is 919. The monoisotopic (exact) mass is 402 g/mol. The van der Waals surface area contributed by atoms with Crippen LogP contribution in [-0.4, -0.2) is 23.9 Å². The molecule has 154 valence electrons. The Balaban J connectivity index is 1.54. The fourth-order valence-electron chi connectivity index (χ4n) is 4.46. The van der Waals surface area contributed by atoms with Crippen molar-refractivity contribution in [2.75, 3.05) is 18.4 Å². The zero-order chi connectivity index (χ0) is 20.5. The molecule has 0 radical (unpaired) electrons. The Morgan fingerprint density at radius 3 is 2.38 bits per heavy atom. The molecule has 0 unspecified atom stereocenters. The normalized spacial score (nSPS) is 17.9. The number of benzene rings is 2. The van der Waals surface area contributed by atoms with Crippen LogP contribution in [0.5, 0.6) is 0 Å². The third-order valence-corrected chi connectivity index (χ3v) is 6.22. The van der Waals surface area contributed by atoms with E-state index >= 15 is 0 Å². The molecule has 0 bridgehead atoms. The predicted molar refractivity (Wildman–Crippen MR) is 107 cm³/mol. The van der Waals surface area contributed by atoms with Crippen LogP contribution >= 0.6 is 0 Å². The van der Waals surface area contributed by atoms with Crippen molar-refractivity contribution in [3.05, 3.63) is 58.9 Å². The van der Waals surface area contributed by atoms with Crippen molar-refractivity contribution in [2.24, 2.45) is 11.8 Å². The van der Waals surface area contributed by atoms with E-state index in [0.717, 1.165) is 6.07 Å². The number of nitrogens with zero attached hydrogens (tertiary/aromatic N) is 1. The molecule has 6 heteroatoms. The van der Waals surface area contributed by atoms with Gasteiger partial charge in [0.15, 0.2) is 11.6 Å². The number of amides is 1. The van der Waals surface area contributed by atoms with Crippen LogP contribution in [0.25, 0.3) is 0 Å². The van der Waals surface area contributed by atoms with Crippen LogP contribution in [0.4, 0.5) is 24.5 Å². The summed E-state index contributed by atoms with van der Waals surface area (Å²) in [7, 11) is 0. The van der Waals surface area contributed by atoms with E-state index in [-0.39, 0.29) is 22.8 Å². The minimum Gasteiger partial charge on any atom is -0.350 e. The minimum atomic E-state index is -1.18. The van der Waals surface area contributed by atoms with E-state index in [1.165, 1.54) is 50.3 Å². The smallest absolute Gasteiger partial charge is 0.256 e. The highest BCUT2D eigenvalue weighted by Gasteiger charge is 2.37. The molecule has 1 aliphatic carbocycles. The van der Waals surface area contributed by atoms with Gasteiger partial charge in [-0.05, 0) is 48.6 Å². The molecule has 29 heavy (non-hydrogen) atoms. The first-order chi connectivity index (χ1) is 13.9. The molecular formula is C23H25F3N2O. The average molecular weight is 402 g/mol. The maximum Gasteiger partial charge on any atom is 0.256 e. The van der Waals surface area contributed by atoms with E-state index in [9.17, 15) is 18.0 Å². The molecule has 4 rings (SSSR count). The van der Waals surface area contributed by atoms with Gasteiger partial charge in [-0.2, -0.15) is 0 Å². The van der Waals surface area contributed by atoms with Gasteiger partial charge < -0.3 is 10.2 Å². The minimum absolute atomic E-state index is 0.00200. The zero-order valence-electron chi connectivity index (χ0n) is 16.5. The number of likely N-dealkylation sites (tertiary alicyclic amines) is 1. The summed E-state index contributed by atoms with van der Waals surface area (Å²) in [6.45, 7) is 3.01. The molecule has 0 atom stereocenters. The number of aryl methyl sites for hydroxylation is 1. The summed E-state index contributed by atoms with van der Waals surface area (Å²) in [6, 6.07) is 6.62. The van der Waals surface area contributed by atoms with Gasteiger partial charge in [-0.3, -0.25) is 4.79 Å². The largest absolute Gasteiger partial charge is 0.350 e.